The Kier molecular flexibility index (Phi) is 7.58. The van der Waals surface area contributed by atoms with Crippen LogP contribution in [0.5, 0.6) is 11.5 Å². The number of anilines is 1. The molecule has 0 amide bonds. The van der Waals surface area contributed by atoms with E-state index in [1.54, 1.807) is 30.3 Å². The van der Waals surface area contributed by atoms with Crippen molar-refractivity contribution in [2.24, 2.45) is 0 Å². The zero-order valence-electron chi connectivity index (χ0n) is 22.3. The molecule has 3 aromatic rings. The molecule has 1 saturated heterocycles. The number of halogens is 3. The molecule has 0 spiro atoms. The van der Waals surface area contributed by atoms with Crippen molar-refractivity contribution in [2.45, 2.75) is 38.2 Å². The van der Waals surface area contributed by atoms with Crippen LogP contribution in [-0.2, 0) is 16.5 Å². The van der Waals surface area contributed by atoms with Gasteiger partial charge < -0.3 is 14.2 Å². The first-order valence-corrected chi connectivity index (χ1v) is 14.6. The van der Waals surface area contributed by atoms with Crippen molar-refractivity contribution in [3.63, 3.8) is 0 Å². The fraction of sp³-hybridized carbons (Fsp3) is 0.333. The number of rotatable bonds is 6. The van der Waals surface area contributed by atoms with E-state index >= 15 is 0 Å². The number of hydrogen-bond donors (Lipinski definition) is 1. The second-order valence-electron chi connectivity index (χ2n) is 10.4. The topological polar surface area (TPSA) is 70.1 Å². The number of hydrogen-bond acceptors (Lipinski definition) is 6. The van der Waals surface area contributed by atoms with Gasteiger partial charge in [0.05, 0.1) is 0 Å². The number of phenolic OH excluding ortho intramolecular Hbond substituents is 1. The van der Waals surface area contributed by atoms with Gasteiger partial charge in [-0.05, 0) is 96.5 Å². The number of piperazine rings is 1. The standard InChI is InChI=1S/C30H31F3N2O4S/c1-20(2)34-15-17-35(18-16-34)24-9-3-23(4-10-24)29-27(21-5-11-25(36)12-6-21)14-8-22-7-13-26(19-28(22)29)39-40(37,38)30(31,32)33/h3-7,9-13,19-20,36H,8,14-18H2,1-2H3. The number of allylic oxidation sites excluding steroid dienone is 1. The summed E-state index contributed by atoms with van der Waals surface area (Å²) in [5, 5.41) is 9.82. The van der Waals surface area contributed by atoms with Crippen LogP contribution in [0.4, 0.5) is 18.9 Å². The van der Waals surface area contributed by atoms with Gasteiger partial charge >= 0.3 is 15.6 Å². The first-order valence-electron chi connectivity index (χ1n) is 13.2. The Morgan fingerprint density at radius 1 is 0.850 bits per heavy atom. The largest absolute Gasteiger partial charge is 0.534 e. The van der Waals surface area contributed by atoms with Crippen molar-refractivity contribution in [1.82, 2.24) is 4.90 Å². The molecule has 3 aromatic carbocycles. The maximum Gasteiger partial charge on any atom is 0.534 e. The molecule has 1 heterocycles. The fourth-order valence-electron chi connectivity index (χ4n) is 5.40. The van der Waals surface area contributed by atoms with Crippen LogP contribution in [0.15, 0.2) is 66.7 Å². The molecule has 2 aliphatic rings. The monoisotopic (exact) mass is 572 g/mol. The third-order valence-corrected chi connectivity index (χ3v) is 8.55. The van der Waals surface area contributed by atoms with Gasteiger partial charge in [0.2, 0.25) is 0 Å². The van der Waals surface area contributed by atoms with E-state index in [0.717, 1.165) is 59.7 Å². The van der Waals surface area contributed by atoms with E-state index in [2.05, 4.69) is 27.8 Å². The molecular weight excluding hydrogens is 541 g/mol. The summed E-state index contributed by atoms with van der Waals surface area (Å²) in [6, 6.07) is 19.6. The molecule has 0 unspecified atom stereocenters. The predicted octanol–water partition coefficient (Wildman–Crippen LogP) is 6.06. The Balaban J connectivity index is 1.55. The average Bonchev–Trinajstić information content (AvgIpc) is 2.92. The highest BCUT2D eigenvalue weighted by Gasteiger charge is 2.48. The third-order valence-electron chi connectivity index (χ3n) is 7.57. The summed E-state index contributed by atoms with van der Waals surface area (Å²) in [5.41, 5.74) is 0.495. The second kappa shape index (κ2) is 10.8. The SMILES string of the molecule is CC(C)N1CCN(c2ccc(C3=C(c4ccc(O)cc4)CCc4ccc(OS(=O)(=O)C(F)(F)F)cc43)cc2)CC1. The molecule has 0 radical (unpaired) electrons. The normalized spacial score (nSPS) is 16.8. The highest BCUT2D eigenvalue weighted by atomic mass is 32.2. The number of aromatic hydroxyl groups is 1. The first kappa shape index (κ1) is 28.0. The molecule has 212 valence electrons. The van der Waals surface area contributed by atoms with E-state index in [-0.39, 0.29) is 5.75 Å². The molecule has 0 atom stereocenters. The van der Waals surface area contributed by atoms with Crippen LogP contribution in [-0.4, -0.2) is 56.2 Å². The van der Waals surface area contributed by atoms with E-state index < -0.39 is 21.4 Å². The van der Waals surface area contributed by atoms with Crippen LogP contribution in [0.2, 0.25) is 0 Å². The third kappa shape index (κ3) is 5.69. The molecule has 10 heteroatoms. The smallest absolute Gasteiger partial charge is 0.508 e. The maximum absolute atomic E-state index is 13.0. The molecule has 1 N–H and O–H groups in total. The van der Waals surface area contributed by atoms with Crippen LogP contribution in [0.25, 0.3) is 11.1 Å². The molecule has 1 aliphatic carbocycles. The molecule has 6 nitrogen and oxygen atoms in total. The molecule has 0 saturated carbocycles. The molecule has 1 fully saturated rings. The lowest BCUT2D eigenvalue weighted by Gasteiger charge is -2.38. The number of benzene rings is 3. The van der Waals surface area contributed by atoms with Crippen LogP contribution in [0, 0.1) is 0 Å². The molecule has 0 bridgehead atoms. The van der Waals surface area contributed by atoms with E-state index in [1.165, 1.54) is 12.1 Å². The van der Waals surface area contributed by atoms with Gasteiger partial charge in [-0.15, -0.1) is 0 Å². The summed E-state index contributed by atoms with van der Waals surface area (Å²) in [6.07, 6.45) is 1.27. The molecule has 1 aliphatic heterocycles. The zero-order chi connectivity index (χ0) is 28.7. The predicted molar refractivity (Wildman–Crippen MR) is 150 cm³/mol. The average molecular weight is 573 g/mol. The number of phenols is 1. The van der Waals surface area contributed by atoms with E-state index in [4.69, 9.17) is 0 Å². The van der Waals surface area contributed by atoms with Gasteiger partial charge in [-0.1, -0.05) is 30.3 Å². The van der Waals surface area contributed by atoms with Crippen LogP contribution < -0.4 is 9.08 Å². The molecule has 0 aromatic heterocycles. The van der Waals surface area contributed by atoms with Gasteiger partial charge in [0.15, 0.2) is 0 Å². The Labute approximate surface area is 232 Å². The highest BCUT2D eigenvalue weighted by Crippen LogP contribution is 2.43. The van der Waals surface area contributed by atoms with Gasteiger partial charge in [0.1, 0.15) is 11.5 Å². The van der Waals surface area contributed by atoms with Crippen molar-refractivity contribution in [3.8, 4) is 11.5 Å². The lowest BCUT2D eigenvalue weighted by atomic mass is 9.79. The minimum absolute atomic E-state index is 0.122. The summed E-state index contributed by atoms with van der Waals surface area (Å²) < 4.78 is 67.0. The first-order chi connectivity index (χ1) is 18.9. The van der Waals surface area contributed by atoms with Crippen molar-refractivity contribution in [3.05, 3.63) is 89.0 Å². The number of alkyl halides is 3. The van der Waals surface area contributed by atoms with E-state index in [0.29, 0.717) is 24.4 Å². The lowest BCUT2D eigenvalue weighted by Crippen LogP contribution is -2.48. The second-order valence-corrected chi connectivity index (χ2v) is 11.9. The lowest BCUT2D eigenvalue weighted by molar-refractivity contribution is -0.0500. The minimum atomic E-state index is -5.81. The van der Waals surface area contributed by atoms with Crippen molar-refractivity contribution >= 4 is 27.0 Å². The van der Waals surface area contributed by atoms with Crippen LogP contribution in [0.3, 0.4) is 0 Å². The summed E-state index contributed by atoms with van der Waals surface area (Å²) in [4.78, 5) is 4.78. The quantitative estimate of drug-likeness (QED) is 0.286. The Hall–Kier alpha value is -3.50. The van der Waals surface area contributed by atoms with Gasteiger partial charge in [-0.25, -0.2) is 0 Å². The minimum Gasteiger partial charge on any atom is -0.508 e. The van der Waals surface area contributed by atoms with Gasteiger partial charge in [0, 0.05) is 37.9 Å². The molecule has 5 rings (SSSR count). The maximum atomic E-state index is 13.0. The Morgan fingerprint density at radius 2 is 1.48 bits per heavy atom. The van der Waals surface area contributed by atoms with Crippen molar-refractivity contribution < 1.29 is 30.9 Å². The summed E-state index contributed by atoms with van der Waals surface area (Å²) >= 11 is 0. The van der Waals surface area contributed by atoms with E-state index in [1.807, 2.05) is 24.3 Å². The van der Waals surface area contributed by atoms with Crippen molar-refractivity contribution in [1.29, 1.82) is 0 Å². The summed E-state index contributed by atoms with van der Waals surface area (Å²) in [6.45, 7) is 8.17. The molecular formula is C30H31F3N2O4S. The molecule has 40 heavy (non-hydrogen) atoms. The highest BCUT2D eigenvalue weighted by molar-refractivity contribution is 7.88. The van der Waals surface area contributed by atoms with Gasteiger partial charge in [-0.2, -0.15) is 21.6 Å². The number of aryl methyl sites for hydroxylation is 1. The summed E-state index contributed by atoms with van der Waals surface area (Å²) in [7, 11) is -5.81. The van der Waals surface area contributed by atoms with Gasteiger partial charge in [0.25, 0.3) is 0 Å². The van der Waals surface area contributed by atoms with Crippen molar-refractivity contribution in [2.75, 3.05) is 31.1 Å². The zero-order valence-corrected chi connectivity index (χ0v) is 23.1. The summed E-state index contributed by atoms with van der Waals surface area (Å²) in [5.74, 6) is -0.280. The number of fused-ring (bicyclic) bond motifs is 1. The van der Waals surface area contributed by atoms with Gasteiger partial charge in [-0.3, -0.25) is 4.90 Å². The fourth-order valence-corrected chi connectivity index (χ4v) is 5.85. The number of nitrogens with zero attached hydrogens (tertiary/aromatic N) is 2. The van der Waals surface area contributed by atoms with Crippen LogP contribution >= 0.6 is 0 Å². The Morgan fingerprint density at radius 3 is 2.08 bits per heavy atom. The van der Waals surface area contributed by atoms with E-state index in [9.17, 15) is 26.7 Å². The Bertz CT molecular complexity index is 1510. The van der Waals surface area contributed by atoms with Crippen LogP contribution in [0.1, 0.15) is 42.5 Å².